The molecule has 1 atom stereocenters. The Kier molecular flexibility index (Phi) is 10.7. The third-order valence-corrected chi connectivity index (χ3v) is 7.99. The molecule has 0 aliphatic heterocycles. The van der Waals surface area contributed by atoms with Gasteiger partial charge in [-0.25, -0.2) is 0 Å². The molecule has 1 N–H and O–H groups in total. The number of carbonyl (C=O) groups excluding carboxylic acids is 2. The molecule has 1 unspecified atom stereocenters. The fourth-order valence-electron chi connectivity index (χ4n) is 4.98. The normalized spacial score (nSPS) is 14.4. The summed E-state index contributed by atoms with van der Waals surface area (Å²) in [4.78, 5) is 29.2. The molecule has 0 heterocycles. The lowest BCUT2D eigenvalue weighted by atomic mass is 9.94. The van der Waals surface area contributed by atoms with E-state index in [-0.39, 0.29) is 31.0 Å². The van der Waals surface area contributed by atoms with Crippen molar-refractivity contribution in [2.75, 3.05) is 6.61 Å². The Labute approximate surface area is 241 Å². The molecule has 1 aliphatic carbocycles. The van der Waals surface area contributed by atoms with Crippen LogP contribution in [0.15, 0.2) is 72.8 Å². The second kappa shape index (κ2) is 14.4. The van der Waals surface area contributed by atoms with Gasteiger partial charge in [-0.05, 0) is 60.2 Å². The number of hydrogen-bond acceptors (Lipinski definition) is 3. The molecule has 3 aromatic rings. The van der Waals surface area contributed by atoms with E-state index in [1.807, 2.05) is 60.7 Å². The van der Waals surface area contributed by atoms with Crippen LogP contribution in [0.4, 0.5) is 0 Å². The first-order chi connectivity index (χ1) is 18.9. The maximum Gasteiger partial charge on any atom is 0.261 e. The van der Waals surface area contributed by atoms with E-state index >= 15 is 0 Å². The molecule has 1 saturated carbocycles. The number of nitrogens with one attached hydrogen (secondary N) is 1. The number of nitrogens with zero attached hydrogens (tertiary/aromatic N) is 1. The summed E-state index contributed by atoms with van der Waals surface area (Å²) in [5, 5.41) is 4.09. The van der Waals surface area contributed by atoms with Gasteiger partial charge in [0.1, 0.15) is 11.8 Å². The Hall–Kier alpha value is -3.02. The van der Waals surface area contributed by atoms with Gasteiger partial charge in [-0.3, -0.25) is 9.59 Å². The van der Waals surface area contributed by atoms with Crippen LogP contribution in [0.25, 0.3) is 0 Å². The molecular formula is C32H36Cl2N2O3. The molecule has 1 aliphatic rings. The highest BCUT2D eigenvalue weighted by Gasteiger charge is 2.32. The summed E-state index contributed by atoms with van der Waals surface area (Å²) < 4.78 is 5.89. The van der Waals surface area contributed by atoms with Gasteiger partial charge >= 0.3 is 0 Å². The molecule has 3 aromatic carbocycles. The first kappa shape index (κ1) is 29.0. The zero-order valence-corrected chi connectivity index (χ0v) is 23.9. The minimum atomic E-state index is -0.720. The van der Waals surface area contributed by atoms with E-state index in [0.29, 0.717) is 22.2 Å². The summed E-state index contributed by atoms with van der Waals surface area (Å²) >= 11 is 12.5. The lowest BCUT2D eigenvalue weighted by molar-refractivity contribution is -0.143. The summed E-state index contributed by atoms with van der Waals surface area (Å²) in [6.45, 7) is 2.10. The smallest absolute Gasteiger partial charge is 0.261 e. The van der Waals surface area contributed by atoms with Crippen LogP contribution in [-0.4, -0.2) is 35.4 Å². The molecule has 7 heteroatoms. The van der Waals surface area contributed by atoms with Gasteiger partial charge in [0, 0.05) is 19.0 Å². The van der Waals surface area contributed by atoms with E-state index in [1.54, 1.807) is 17.0 Å². The molecule has 0 spiro atoms. The van der Waals surface area contributed by atoms with Crippen LogP contribution in [0.3, 0.4) is 0 Å². The minimum absolute atomic E-state index is 0.125. The highest BCUT2D eigenvalue weighted by atomic mass is 35.5. The minimum Gasteiger partial charge on any atom is -0.484 e. The number of ether oxygens (including phenoxy) is 1. The van der Waals surface area contributed by atoms with Crippen molar-refractivity contribution in [3.63, 3.8) is 0 Å². The Morgan fingerprint density at radius 2 is 1.59 bits per heavy atom. The van der Waals surface area contributed by atoms with Gasteiger partial charge in [0.25, 0.3) is 5.91 Å². The lowest BCUT2D eigenvalue weighted by Gasteiger charge is -2.33. The van der Waals surface area contributed by atoms with Crippen molar-refractivity contribution < 1.29 is 14.3 Å². The molecule has 5 nitrogen and oxygen atoms in total. The predicted molar refractivity (Wildman–Crippen MR) is 157 cm³/mol. The zero-order chi connectivity index (χ0) is 27.6. The summed E-state index contributed by atoms with van der Waals surface area (Å²) in [7, 11) is 0. The van der Waals surface area contributed by atoms with Gasteiger partial charge in [-0.2, -0.15) is 0 Å². The van der Waals surface area contributed by atoms with Gasteiger partial charge in [-0.15, -0.1) is 0 Å². The van der Waals surface area contributed by atoms with Crippen LogP contribution in [0.5, 0.6) is 5.75 Å². The predicted octanol–water partition coefficient (Wildman–Crippen LogP) is 7.02. The Morgan fingerprint density at radius 1 is 0.897 bits per heavy atom. The van der Waals surface area contributed by atoms with Crippen molar-refractivity contribution in [2.24, 2.45) is 0 Å². The second-order valence-electron chi connectivity index (χ2n) is 10.1. The van der Waals surface area contributed by atoms with Crippen molar-refractivity contribution >= 4 is 35.0 Å². The lowest BCUT2D eigenvalue weighted by Crippen LogP contribution is -2.53. The van der Waals surface area contributed by atoms with E-state index in [0.717, 1.165) is 43.2 Å². The van der Waals surface area contributed by atoms with Crippen molar-refractivity contribution in [1.82, 2.24) is 10.2 Å². The fraction of sp³-hybridized carbons (Fsp3) is 0.375. The van der Waals surface area contributed by atoms with Gasteiger partial charge in [0.05, 0.1) is 10.0 Å². The van der Waals surface area contributed by atoms with E-state index in [2.05, 4.69) is 12.2 Å². The summed E-state index contributed by atoms with van der Waals surface area (Å²) in [6, 6.07) is 22.2. The summed E-state index contributed by atoms with van der Waals surface area (Å²) in [5.74, 6) is 0.188. The largest absolute Gasteiger partial charge is 0.484 e. The maximum atomic E-state index is 13.8. The molecule has 0 radical (unpaired) electrons. The molecule has 0 bridgehead atoms. The number of hydrogen-bond donors (Lipinski definition) is 1. The molecule has 1 fully saturated rings. The van der Waals surface area contributed by atoms with E-state index < -0.39 is 6.04 Å². The monoisotopic (exact) mass is 566 g/mol. The van der Waals surface area contributed by atoms with Gasteiger partial charge in [-0.1, -0.05) is 97.9 Å². The first-order valence-corrected chi connectivity index (χ1v) is 14.5. The summed E-state index contributed by atoms with van der Waals surface area (Å²) in [5.41, 5.74) is 2.95. The number of amides is 2. The van der Waals surface area contributed by atoms with Crippen LogP contribution in [0.1, 0.15) is 55.7 Å². The number of aryl methyl sites for hydroxylation is 1. The molecule has 2 amide bonds. The van der Waals surface area contributed by atoms with Crippen LogP contribution in [0, 0.1) is 0 Å². The number of rotatable bonds is 11. The number of benzene rings is 3. The zero-order valence-electron chi connectivity index (χ0n) is 22.4. The van der Waals surface area contributed by atoms with Crippen LogP contribution in [-0.2, 0) is 29.0 Å². The van der Waals surface area contributed by atoms with E-state index in [4.69, 9.17) is 27.9 Å². The second-order valence-corrected chi connectivity index (χ2v) is 10.9. The first-order valence-electron chi connectivity index (χ1n) is 13.7. The highest BCUT2D eigenvalue weighted by Crippen LogP contribution is 2.25. The van der Waals surface area contributed by atoms with Gasteiger partial charge in [0.2, 0.25) is 5.91 Å². The SMILES string of the molecule is CCc1ccc(OCC(=O)N(Cc2ccc(Cl)c(Cl)c2)C(Cc2ccccc2)C(=O)NC2CCCCC2)cc1. The Morgan fingerprint density at radius 3 is 2.26 bits per heavy atom. The Bertz CT molecular complexity index is 1230. The maximum absolute atomic E-state index is 13.8. The average molecular weight is 568 g/mol. The third-order valence-electron chi connectivity index (χ3n) is 7.25. The van der Waals surface area contributed by atoms with Crippen molar-refractivity contribution in [3.05, 3.63) is 99.5 Å². The number of halogens is 2. The van der Waals surface area contributed by atoms with Crippen LogP contribution in [0.2, 0.25) is 10.0 Å². The van der Waals surface area contributed by atoms with Crippen LogP contribution >= 0.6 is 23.2 Å². The Balaban J connectivity index is 1.61. The van der Waals surface area contributed by atoms with Gasteiger partial charge < -0.3 is 15.0 Å². The summed E-state index contributed by atoms with van der Waals surface area (Å²) in [6.07, 6.45) is 6.63. The van der Waals surface area contributed by atoms with Gasteiger partial charge in [0.15, 0.2) is 6.61 Å². The van der Waals surface area contributed by atoms with E-state index in [9.17, 15) is 9.59 Å². The molecule has 0 aromatic heterocycles. The van der Waals surface area contributed by atoms with Crippen molar-refractivity contribution in [1.29, 1.82) is 0 Å². The standard InChI is InChI=1S/C32H36Cl2N2O3/c1-2-23-13-16-27(17-14-23)39-22-31(37)36(21-25-15-18-28(33)29(34)19-25)30(20-24-9-5-3-6-10-24)32(38)35-26-11-7-4-8-12-26/h3,5-6,9-10,13-19,26,30H,2,4,7-8,11-12,20-22H2,1H3,(H,35,38). The molecule has 206 valence electrons. The average Bonchev–Trinajstić information content (AvgIpc) is 2.96. The van der Waals surface area contributed by atoms with Crippen molar-refractivity contribution in [2.45, 2.75) is 70.5 Å². The highest BCUT2D eigenvalue weighted by molar-refractivity contribution is 6.42. The molecule has 39 heavy (non-hydrogen) atoms. The number of carbonyl (C=O) groups is 2. The van der Waals surface area contributed by atoms with Crippen molar-refractivity contribution in [3.8, 4) is 5.75 Å². The van der Waals surface area contributed by atoms with E-state index in [1.165, 1.54) is 12.0 Å². The molecule has 4 rings (SSSR count). The molecular weight excluding hydrogens is 531 g/mol. The third kappa shape index (κ3) is 8.48. The quantitative estimate of drug-likeness (QED) is 0.271. The topological polar surface area (TPSA) is 58.6 Å². The fourth-order valence-corrected chi connectivity index (χ4v) is 5.30. The molecule has 0 saturated heterocycles. The van der Waals surface area contributed by atoms with Crippen LogP contribution < -0.4 is 10.1 Å².